The van der Waals surface area contributed by atoms with Crippen molar-refractivity contribution in [1.29, 1.82) is 0 Å². The lowest BCUT2D eigenvalue weighted by Crippen LogP contribution is -2.33. The molecule has 0 aromatic heterocycles. The van der Waals surface area contributed by atoms with Crippen molar-refractivity contribution in [2.24, 2.45) is 5.92 Å². The Hall–Kier alpha value is -1.36. The van der Waals surface area contributed by atoms with Crippen molar-refractivity contribution in [2.45, 2.75) is 57.9 Å². The van der Waals surface area contributed by atoms with Gasteiger partial charge in [-0.1, -0.05) is 31.5 Å². The van der Waals surface area contributed by atoms with Gasteiger partial charge in [-0.3, -0.25) is 4.79 Å². The Morgan fingerprint density at radius 1 is 1.09 bits per heavy atom. The lowest BCUT2D eigenvalue weighted by Gasteiger charge is -2.15. The summed E-state index contributed by atoms with van der Waals surface area (Å²) >= 11 is 0. The van der Waals surface area contributed by atoms with Crippen molar-refractivity contribution in [3.05, 3.63) is 29.8 Å². The molecule has 0 saturated heterocycles. The molecule has 1 amide bonds. The maximum Gasteiger partial charge on any atom is 0.221 e. The summed E-state index contributed by atoms with van der Waals surface area (Å²) in [6.45, 7) is 8.14. The zero-order chi connectivity index (χ0) is 16.8. The molecule has 1 rings (SSSR count). The number of aryl methyl sites for hydroxylation is 1. The molecule has 1 aromatic carbocycles. The summed E-state index contributed by atoms with van der Waals surface area (Å²) in [5.74, 6) is 0.243. The number of nitrogens with one attached hydrogen (secondary N) is 1. The third kappa shape index (κ3) is 6.60. The minimum atomic E-state index is -3.39. The van der Waals surface area contributed by atoms with Crippen LogP contribution in [0.2, 0.25) is 0 Å². The van der Waals surface area contributed by atoms with Gasteiger partial charge < -0.3 is 5.32 Å². The maximum atomic E-state index is 12.2. The molecular formula is C17H27NO3S. The number of benzene rings is 1. The van der Waals surface area contributed by atoms with Crippen LogP contribution < -0.4 is 5.32 Å². The molecule has 0 spiro atoms. The van der Waals surface area contributed by atoms with E-state index in [-0.39, 0.29) is 29.0 Å². The summed E-state index contributed by atoms with van der Waals surface area (Å²) in [7, 11) is -3.39. The Labute approximate surface area is 134 Å². The molecule has 0 fully saturated rings. The number of carbonyl (C=O) groups excluding carboxylic acids is 1. The molecule has 5 heteroatoms. The maximum absolute atomic E-state index is 12.2. The Bertz CT molecular complexity index is 576. The largest absolute Gasteiger partial charge is 0.354 e. The molecule has 0 saturated carbocycles. The van der Waals surface area contributed by atoms with Gasteiger partial charge in [-0.2, -0.15) is 0 Å². The van der Waals surface area contributed by atoms with E-state index in [2.05, 4.69) is 19.2 Å². The Balaban J connectivity index is 2.47. The molecule has 124 valence electrons. The van der Waals surface area contributed by atoms with E-state index >= 15 is 0 Å². The van der Waals surface area contributed by atoms with Crippen LogP contribution in [-0.4, -0.2) is 26.1 Å². The summed E-state index contributed by atoms with van der Waals surface area (Å²) < 4.78 is 24.3. The van der Waals surface area contributed by atoms with Gasteiger partial charge in [0, 0.05) is 12.5 Å². The van der Waals surface area contributed by atoms with Crippen LogP contribution in [0.1, 0.15) is 45.6 Å². The molecule has 0 heterocycles. The van der Waals surface area contributed by atoms with E-state index in [1.165, 1.54) is 0 Å². The van der Waals surface area contributed by atoms with Crippen molar-refractivity contribution >= 4 is 15.7 Å². The molecule has 0 unspecified atom stereocenters. The first-order chi connectivity index (χ1) is 10.2. The van der Waals surface area contributed by atoms with E-state index in [0.29, 0.717) is 5.92 Å². The summed E-state index contributed by atoms with van der Waals surface area (Å²) in [5.41, 5.74) is 1.01. The lowest BCUT2D eigenvalue weighted by atomic mass is 10.0. The fourth-order valence-electron chi connectivity index (χ4n) is 2.09. The van der Waals surface area contributed by atoms with Crippen LogP contribution >= 0.6 is 0 Å². The van der Waals surface area contributed by atoms with E-state index in [4.69, 9.17) is 0 Å². The normalized spacial score (nSPS) is 13.1. The van der Waals surface area contributed by atoms with Crippen molar-refractivity contribution in [3.8, 4) is 0 Å². The second kappa shape index (κ2) is 8.32. The van der Waals surface area contributed by atoms with Gasteiger partial charge in [0.25, 0.3) is 0 Å². The number of amides is 1. The second-order valence-corrected chi connectivity index (χ2v) is 8.43. The molecule has 1 aromatic rings. The molecule has 1 atom stereocenters. The molecule has 1 N–H and O–H groups in total. The van der Waals surface area contributed by atoms with Crippen LogP contribution in [0.15, 0.2) is 29.2 Å². The van der Waals surface area contributed by atoms with Crippen molar-refractivity contribution in [3.63, 3.8) is 0 Å². The van der Waals surface area contributed by atoms with Gasteiger partial charge in [-0.05, 0) is 44.7 Å². The second-order valence-electron chi connectivity index (χ2n) is 6.32. The first-order valence-electron chi connectivity index (χ1n) is 7.79. The Kier molecular flexibility index (Phi) is 7.07. The van der Waals surface area contributed by atoms with Crippen LogP contribution in [0, 0.1) is 12.8 Å². The summed E-state index contributed by atoms with van der Waals surface area (Å²) in [6, 6.07) is 6.79. The highest BCUT2D eigenvalue weighted by molar-refractivity contribution is 7.91. The summed E-state index contributed by atoms with van der Waals surface area (Å²) in [6.07, 6.45) is 1.96. The molecule has 0 aliphatic heterocycles. The van der Waals surface area contributed by atoms with Gasteiger partial charge in [0.15, 0.2) is 9.84 Å². The quantitative estimate of drug-likeness (QED) is 0.799. The standard InChI is InChI=1S/C17H27NO3S/c1-13(2)5-8-15(4)18-17(19)11-12-22(20,21)16-9-6-14(3)7-10-16/h6-7,9-10,13,15H,5,8,11-12H2,1-4H3,(H,18,19)/t15-/m0/s1. The van der Waals surface area contributed by atoms with Gasteiger partial charge in [-0.25, -0.2) is 8.42 Å². The van der Waals surface area contributed by atoms with Crippen LogP contribution in [0.4, 0.5) is 0 Å². The average molecular weight is 325 g/mol. The van der Waals surface area contributed by atoms with Crippen molar-refractivity contribution in [2.75, 3.05) is 5.75 Å². The van der Waals surface area contributed by atoms with E-state index in [1.807, 2.05) is 13.8 Å². The Morgan fingerprint density at radius 3 is 2.23 bits per heavy atom. The predicted molar refractivity (Wildman–Crippen MR) is 89.5 cm³/mol. The number of sulfone groups is 1. The minimum Gasteiger partial charge on any atom is -0.354 e. The van der Waals surface area contributed by atoms with Gasteiger partial charge in [-0.15, -0.1) is 0 Å². The van der Waals surface area contributed by atoms with Crippen LogP contribution in [0.3, 0.4) is 0 Å². The van der Waals surface area contributed by atoms with E-state index in [0.717, 1.165) is 18.4 Å². The third-order valence-electron chi connectivity index (χ3n) is 3.56. The first-order valence-corrected chi connectivity index (χ1v) is 9.44. The topological polar surface area (TPSA) is 63.2 Å². The first kappa shape index (κ1) is 18.7. The number of rotatable bonds is 8. The SMILES string of the molecule is Cc1ccc(S(=O)(=O)CCC(=O)N[C@@H](C)CCC(C)C)cc1. The van der Waals surface area contributed by atoms with Crippen molar-refractivity contribution in [1.82, 2.24) is 5.32 Å². The third-order valence-corrected chi connectivity index (χ3v) is 5.29. The Morgan fingerprint density at radius 2 is 1.68 bits per heavy atom. The molecule has 0 aliphatic carbocycles. The van der Waals surface area contributed by atoms with E-state index in [9.17, 15) is 13.2 Å². The molecule has 0 aliphatic rings. The molecule has 22 heavy (non-hydrogen) atoms. The monoisotopic (exact) mass is 325 g/mol. The van der Waals surface area contributed by atoms with E-state index in [1.54, 1.807) is 24.3 Å². The molecule has 0 radical (unpaired) electrons. The molecule has 4 nitrogen and oxygen atoms in total. The van der Waals surface area contributed by atoms with E-state index < -0.39 is 9.84 Å². The van der Waals surface area contributed by atoms with Crippen LogP contribution in [0.25, 0.3) is 0 Å². The van der Waals surface area contributed by atoms with Crippen LogP contribution in [-0.2, 0) is 14.6 Å². The molecular weight excluding hydrogens is 298 g/mol. The predicted octanol–water partition coefficient (Wildman–Crippen LogP) is 3.10. The summed E-state index contributed by atoms with van der Waals surface area (Å²) in [5, 5.41) is 2.87. The number of carbonyl (C=O) groups is 1. The summed E-state index contributed by atoms with van der Waals surface area (Å²) in [4.78, 5) is 12.1. The molecule has 0 bridgehead atoms. The van der Waals surface area contributed by atoms with Gasteiger partial charge in [0.05, 0.1) is 10.6 Å². The van der Waals surface area contributed by atoms with Gasteiger partial charge in [0.2, 0.25) is 5.91 Å². The lowest BCUT2D eigenvalue weighted by molar-refractivity contribution is -0.121. The highest BCUT2D eigenvalue weighted by Crippen LogP contribution is 2.13. The zero-order valence-electron chi connectivity index (χ0n) is 13.9. The average Bonchev–Trinajstić information content (AvgIpc) is 2.43. The fourth-order valence-corrected chi connectivity index (χ4v) is 3.33. The van der Waals surface area contributed by atoms with Crippen molar-refractivity contribution < 1.29 is 13.2 Å². The number of hydrogen-bond acceptors (Lipinski definition) is 3. The van der Waals surface area contributed by atoms with Gasteiger partial charge >= 0.3 is 0 Å². The van der Waals surface area contributed by atoms with Crippen LogP contribution in [0.5, 0.6) is 0 Å². The highest BCUT2D eigenvalue weighted by atomic mass is 32.2. The zero-order valence-corrected chi connectivity index (χ0v) is 14.7. The van der Waals surface area contributed by atoms with Gasteiger partial charge in [0.1, 0.15) is 0 Å². The highest BCUT2D eigenvalue weighted by Gasteiger charge is 2.17. The smallest absolute Gasteiger partial charge is 0.221 e. The minimum absolute atomic E-state index is 0.00221. The number of hydrogen-bond donors (Lipinski definition) is 1. The fraction of sp³-hybridized carbons (Fsp3) is 0.588.